The molecule has 1 amide bonds. The zero-order valence-electron chi connectivity index (χ0n) is 16.2. The van der Waals surface area contributed by atoms with Crippen LogP contribution >= 0.6 is 11.6 Å². The smallest absolute Gasteiger partial charge is 0.390 e. The third-order valence-corrected chi connectivity index (χ3v) is 5.97. The highest BCUT2D eigenvalue weighted by molar-refractivity contribution is 6.31. The maximum atomic E-state index is 13.5. The molecule has 0 spiro atoms. The molecule has 2 aromatic rings. The molecule has 1 aromatic carbocycles. The van der Waals surface area contributed by atoms with Crippen LogP contribution in [0.5, 0.6) is 0 Å². The third-order valence-electron chi connectivity index (χ3n) is 5.66. The van der Waals surface area contributed by atoms with Crippen molar-refractivity contribution in [1.29, 1.82) is 0 Å². The molecule has 6 nitrogen and oxygen atoms in total. The number of benzene rings is 1. The number of aliphatic hydroxyl groups is 1. The largest absolute Gasteiger partial charge is 0.435 e. The van der Waals surface area contributed by atoms with E-state index >= 15 is 0 Å². The Bertz CT molecular complexity index is 1050. The van der Waals surface area contributed by atoms with E-state index in [2.05, 4.69) is 10.4 Å². The van der Waals surface area contributed by atoms with E-state index in [0.717, 1.165) is 23.0 Å². The van der Waals surface area contributed by atoms with Gasteiger partial charge in [0.1, 0.15) is 0 Å². The summed E-state index contributed by atoms with van der Waals surface area (Å²) in [5, 5.41) is 15.4. The molecule has 5 unspecified atom stereocenters. The monoisotopic (exact) mass is 483 g/mol. The number of rotatable bonds is 3. The minimum absolute atomic E-state index is 0.0363. The summed E-state index contributed by atoms with van der Waals surface area (Å²) >= 11 is 5.67. The van der Waals surface area contributed by atoms with E-state index in [1.54, 1.807) is 0 Å². The van der Waals surface area contributed by atoms with Gasteiger partial charge in [-0.3, -0.25) is 9.48 Å². The first-order chi connectivity index (χ1) is 14.8. The number of anilines is 1. The zero-order chi connectivity index (χ0) is 23.6. The predicted octanol–water partition coefficient (Wildman–Crippen LogP) is 3.98. The lowest BCUT2D eigenvalue weighted by Gasteiger charge is -2.30. The van der Waals surface area contributed by atoms with Crippen molar-refractivity contribution in [2.45, 2.75) is 43.0 Å². The average molecular weight is 484 g/mol. The zero-order valence-corrected chi connectivity index (χ0v) is 17.0. The van der Waals surface area contributed by atoms with E-state index in [-0.39, 0.29) is 17.7 Å². The van der Waals surface area contributed by atoms with Gasteiger partial charge in [0, 0.05) is 36.8 Å². The molecule has 3 heterocycles. The van der Waals surface area contributed by atoms with Gasteiger partial charge in [0.15, 0.2) is 5.69 Å². The van der Waals surface area contributed by atoms with E-state index in [4.69, 9.17) is 16.3 Å². The van der Waals surface area contributed by atoms with Crippen molar-refractivity contribution in [1.82, 2.24) is 9.78 Å². The second-order valence-electron chi connectivity index (χ2n) is 7.78. The Kier molecular flexibility index (Phi) is 5.45. The Labute approximate surface area is 182 Å². The van der Waals surface area contributed by atoms with Gasteiger partial charge in [0.05, 0.1) is 34.8 Å². The first-order valence-corrected chi connectivity index (χ1v) is 9.77. The topological polar surface area (TPSA) is 76.4 Å². The second-order valence-corrected chi connectivity index (χ2v) is 8.19. The van der Waals surface area contributed by atoms with E-state index in [1.807, 2.05) is 0 Å². The van der Waals surface area contributed by atoms with Gasteiger partial charge in [-0.1, -0.05) is 11.6 Å². The summed E-state index contributed by atoms with van der Waals surface area (Å²) in [6.45, 7) is 0. The number of aliphatic hydroxyl groups excluding tert-OH is 1. The van der Waals surface area contributed by atoms with Crippen molar-refractivity contribution in [3.8, 4) is 0 Å². The lowest BCUT2D eigenvalue weighted by atomic mass is 9.73. The Hall–Kier alpha value is -2.31. The van der Waals surface area contributed by atoms with Crippen molar-refractivity contribution in [3.63, 3.8) is 0 Å². The highest BCUT2D eigenvalue weighted by Crippen LogP contribution is 2.51. The molecule has 2 aliphatic heterocycles. The van der Waals surface area contributed by atoms with Gasteiger partial charge in [-0.25, -0.2) is 0 Å². The molecule has 32 heavy (non-hydrogen) atoms. The molecule has 4 rings (SSSR count). The van der Waals surface area contributed by atoms with Crippen LogP contribution in [-0.2, 0) is 28.9 Å². The maximum Gasteiger partial charge on any atom is 0.435 e. The molecule has 2 fully saturated rings. The molecule has 5 atom stereocenters. The minimum Gasteiger partial charge on any atom is -0.390 e. The molecule has 1 aromatic heterocycles. The fourth-order valence-electron chi connectivity index (χ4n) is 4.43. The van der Waals surface area contributed by atoms with Gasteiger partial charge >= 0.3 is 12.4 Å². The molecule has 2 saturated heterocycles. The first-order valence-electron chi connectivity index (χ1n) is 9.39. The summed E-state index contributed by atoms with van der Waals surface area (Å²) in [5.74, 6) is -3.05. The number of carbonyl (C=O) groups excluding carboxylic acids is 1. The number of alkyl halides is 6. The quantitative estimate of drug-likeness (QED) is 0.648. The number of aryl methyl sites for hydroxylation is 1. The van der Waals surface area contributed by atoms with Crippen molar-refractivity contribution in [2.24, 2.45) is 13.0 Å². The SMILES string of the molecule is Cn1cc(C2C3OC(CC3O)C2C(=O)Nc2ccc(C(F)(F)F)c(Cl)c2)c(C(F)(F)F)n1. The lowest BCUT2D eigenvalue weighted by Crippen LogP contribution is -2.41. The van der Waals surface area contributed by atoms with Crippen LogP contribution in [-0.4, -0.2) is 39.1 Å². The van der Waals surface area contributed by atoms with Crippen LogP contribution < -0.4 is 5.32 Å². The molecule has 0 saturated carbocycles. The Balaban J connectivity index is 1.66. The molecule has 0 aliphatic carbocycles. The molecular weight excluding hydrogens is 468 g/mol. The number of ether oxygens (including phenoxy) is 1. The highest BCUT2D eigenvalue weighted by Gasteiger charge is 2.59. The molecule has 174 valence electrons. The number of aromatic nitrogens is 2. The second kappa shape index (κ2) is 7.63. The van der Waals surface area contributed by atoms with Crippen LogP contribution in [0.2, 0.25) is 5.02 Å². The van der Waals surface area contributed by atoms with E-state index in [9.17, 15) is 36.2 Å². The molecule has 2 bridgehead atoms. The summed E-state index contributed by atoms with van der Waals surface area (Å²) < 4.78 is 85.8. The van der Waals surface area contributed by atoms with Crippen molar-refractivity contribution in [3.05, 3.63) is 46.2 Å². The van der Waals surface area contributed by atoms with Gasteiger partial charge < -0.3 is 15.2 Å². The fourth-order valence-corrected chi connectivity index (χ4v) is 4.72. The minimum atomic E-state index is -4.80. The third kappa shape index (κ3) is 3.95. The normalized spacial score (nSPS) is 27.7. The van der Waals surface area contributed by atoms with E-state index in [1.165, 1.54) is 7.05 Å². The summed E-state index contributed by atoms with van der Waals surface area (Å²) in [6, 6.07) is 2.60. The summed E-state index contributed by atoms with van der Waals surface area (Å²) in [4.78, 5) is 13.0. The number of fused-ring (bicyclic) bond motifs is 2. The van der Waals surface area contributed by atoms with Gasteiger partial charge in [-0.15, -0.1) is 0 Å². The Morgan fingerprint density at radius 3 is 2.53 bits per heavy atom. The standard InChI is InChI=1S/C19H16ClF6N3O3/c1-29-6-8(16(28-29)19(24,25)26)13-14(12-5-11(30)15(13)32-12)17(31)27-7-2-3-9(10(20)4-7)18(21,22)23/h2-4,6,11-15,30H,5H2,1H3,(H,27,31). The number of nitrogens with one attached hydrogen (secondary N) is 1. The molecule has 0 radical (unpaired) electrons. The Morgan fingerprint density at radius 2 is 1.94 bits per heavy atom. The van der Waals surface area contributed by atoms with Crippen LogP contribution in [0.4, 0.5) is 32.0 Å². The van der Waals surface area contributed by atoms with Crippen LogP contribution in [0.1, 0.15) is 29.2 Å². The average Bonchev–Trinajstić information content (AvgIpc) is 3.31. The van der Waals surface area contributed by atoms with Gasteiger partial charge in [0.25, 0.3) is 0 Å². The highest BCUT2D eigenvalue weighted by atomic mass is 35.5. The predicted molar refractivity (Wildman–Crippen MR) is 98.8 cm³/mol. The Morgan fingerprint density at radius 1 is 1.25 bits per heavy atom. The van der Waals surface area contributed by atoms with Crippen LogP contribution in [0, 0.1) is 5.92 Å². The van der Waals surface area contributed by atoms with Crippen molar-refractivity contribution >= 4 is 23.2 Å². The van der Waals surface area contributed by atoms with Crippen molar-refractivity contribution in [2.75, 3.05) is 5.32 Å². The number of carbonyl (C=O) groups is 1. The summed E-state index contributed by atoms with van der Waals surface area (Å²) in [6.07, 6.45) is -11.3. The number of hydrogen-bond acceptors (Lipinski definition) is 4. The first kappa shape index (κ1) is 22.9. The molecule has 2 N–H and O–H groups in total. The van der Waals surface area contributed by atoms with E-state index in [0.29, 0.717) is 6.07 Å². The van der Waals surface area contributed by atoms with Crippen LogP contribution in [0.15, 0.2) is 24.4 Å². The van der Waals surface area contributed by atoms with Crippen LogP contribution in [0.25, 0.3) is 0 Å². The number of nitrogens with zero attached hydrogens (tertiary/aromatic N) is 2. The van der Waals surface area contributed by atoms with Gasteiger partial charge in [-0.2, -0.15) is 31.4 Å². The van der Waals surface area contributed by atoms with E-state index < -0.39 is 64.7 Å². The fraction of sp³-hybridized carbons (Fsp3) is 0.474. The maximum absolute atomic E-state index is 13.5. The molecular formula is C19H16ClF6N3O3. The van der Waals surface area contributed by atoms with Crippen LogP contribution in [0.3, 0.4) is 0 Å². The molecule has 13 heteroatoms. The summed E-state index contributed by atoms with van der Waals surface area (Å²) in [7, 11) is 1.29. The van der Waals surface area contributed by atoms with Gasteiger partial charge in [-0.05, 0) is 18.2 Å². The number of amides is 1. The summed E-state index contributed by atoms with van der Waals surface area (Å²) in [5.41, 5.74) is -2.63. The lowest BCUT2D eigenvalue weighted by molar-refractivity contribution is -0.143. The number of halogens is 7. The molecule has 2 aliphatic rings. The van der Waals surface area contributed by atoms with Gasteiger partial charge in [0.2, 0.25) is 5.91 Å². The van der Waals surface area contributed by atoms with Crippen molar-refractivity contribution < 1.29 is 41.0 Å². The number of hydrogen-bond donors (Lipinski definition) is 2.